The normalized spacial score (nSPS) is 10.0. The smallest absolute Gasteiger partial charge is 0.411 e. The first kappa shape index (κ1) is 16.1. The van der Waals surface area contributed by atoms with Crippen molar-refractivity contribution in [2.24, 2.45) is 0 Å². The molecule has 1 amide bonds. The molecule has 0 aliphatic heterocycles. The zero-order valence-corrected chi connectivity index (χ0v) is 13.4. The van der Waals surface area contributed by atoms with Crippen LogP contribution in [-0.2, 0) is 11.3 Å². The molecule has 0 spiro atoms. The lowest BCUT2D eigenvalue weighted by atomic mass is 10.2. The first-order chi connectivity index (χ1) is 10.5. The molecule has 0 aliphatic carbocycles. The fraction of sp³-hybridized carbons (Fsp3) is 0.0667. The number of anilines is 1. The second-order valence-corrected chi connectivity index (χ2v) is 5.43. The van der Waals surface area contributed by atoms with Crippen molar-refractivity contribution in [3.63, 3.8) is 0 Å². The summed E-state index contributed by atoms with van der Waals surface area (Å²) in [5.74, 6) is -1.42. The molecule has 2 aromatic carbocycles. The molecule has 0 heterocycles. The number of carboxylic acid groups (broad SMARTS) is 1. The third-order valence-electron chi connectivity index (χ3n) is 2.75. The van der Waals surface area contributed by atoms with Gasteiger partial charge in [0.2, 0.25) is 0 Å². The monoisotopic (exact) mass is 413 g/mol. The van der Waals surface area contributed by atoms with Gasteiger partial charge in [0.25, 0.3) is 0 Å². The van der Waals surface area contributed by atoms with E-state index in [-0.39, 0.29) is 23.6 Å². The van der Waals surface area contributed by atoms with Crippen molar-refractivity contribution in [1.82, 2.24) is 0 Å². The van der Waals surface area contributed by atoms with Gasteiger partial charge in [-0.25, -0.2) is 9.59 Å². The number of hydrogen-bond donors (Lipinski definition) is 3. The third kappa shape index (κ3) is 4.10. The Morgan fingerprint density at radius 2 is 1.86 bits per heavy atom. The van der Waals surface area contributed by atoms with Gasteiger partial charge >= 0.3 is 12.1 Å². The van der Waals surface area contributed by atoms with Crippen molar-refractivity contribution in [3.05, 3.63) is 57.2 Å². The topological polar surface area (TPSA) is 95.9 Å². The number of hydrogen-bond acceptors (Lipinski definition) is 4. The third-order valence-corrected chi connectivity index (χ3v) is 3.88. The van der Waals surface area contributed by atoms with Gasteiger partial charge in [0, 0.05) is 0 Å². The largest absolute Gasteiger partial charge is 0.507 e. The summed E-state index contributed by atoms with van der Waals surface area (Å²) in [4.78, 5) is 22.7. The van der Waals surface area contributed by atoms with Gasteiger partial charge in [-0.2, -0.15) is 0 Å². The highest BCUT2D eigenvalue weighted by Gasteiger charge is 2.14. The highest BCUT2D eigenvalue weighted by atomic mass is 127. The number of ether oxygens (including phenoxy) is 1. The van der Waals surface area contributed by atoms with Crippen LogP contribution in [0.25, 0.3) is 0 Å². The standard InChI is InChI=1S/C15H12INO5/c16-13-11(6-10(14(19)20)7-12(13)18)17-15(21)22-8-9-4-2-1-3-5-9/h1-7,18H,8H2,(H,17,21)(H,19,20). The van der Waals surface area contributed by atoms with Crippen LogP contribution >= 0.6 is 22.6 Å². The van der Waals surface area contributed by atoms with Crippen LogP contribution < -0.4 is 5.32 Å². The van der Waals surface area contributed by atoms with Gasteiger partial charge in [-0.05, 0) is 40.3 Å². The number of phenols is 1. The van der Waals surface area contributed by atoms with E-state index in [4.69, 9.17) is 9.84 Å². The highest BCUT2D eigenvalue weighted by molar-refractivity contribution is 14.1. The van der Waals surface area contributed by atoms with Crippen molar-refractivity contribution in [3.8, 4) is 5.75 Å². The summed E-state index contributed by atoms with van der Waals surface area (Å²) in [6.07, 6.45) is -0.733. The van der Waals surface area contributed by atoms with Gasteiger partial charge in [-0.15, -0.1) is 0 Å². The number of amides is 1. The van der Waals surface area contributed by atoms with E-state index < -0.39 is 12.1 Å². The molecule has 0 saturated carbocycles. The summed E-state index contributed by atoms with van der Waals surface area (Å²) < 4.78 is 5.38. The number of carbonyl (C=O) groups excluding carboxylic acids is 1. The number of carbonyl (C=O) groups is 2. The Labute approximate surface area is 139 Å². The van der Waals surface area contributed by atoms with E-state index in [1.54, 1.807) is 22.6 Å². The van der Waals surface area contributed by atoms with Gasteiger partial charge in [0.05, 0.1) is 14.8 Å². The number of rotatable bonds is 4. The molecule has 0 fully saturated rings. The number of halogens is 1. The van der Waals surface area contributed by atoms with Crippen molar-refractivity contribution in [1.29, 1.82) is 0 Å². The number of aromatic carboxylic acids is 1. The molecule has 0 radical (unpaired) electrons. The van der Waals surface area contributed by atoms with Crippen molar-refractivity contribution in [2.45, 2.75) is 6.61 Å². The number of aromatic hydroxyl groups is 1. The molecule has 2 aromatic rings. The van der Waals surface area contributed by atoms with E-state index in [0.29, 0.717) is 3.57 Å². The molecular formula is C15H12INO5. The molecule has 0 aliphatic rings. The maximum Gasteiger partial charge on any atom is 0.411 e. The molecule has 3 N–H and O–H groups in total. The summed E-state index contributed by atoms with van der Waals surface area (Å²) in [5.41, 5.74) is 0.877. The van der Waals surface area contributed by atoms with E-state index in [1.165, 1.54) is 6.07 Å². The average Bonchev–Trinajstić information content (AvgIpc) is 2.50. The molecule has 2 rings (SSSR count). The molecule has 0 aromatic heterocycles. The van der Waals surface area contributed by atoms with E-state index >= 15 is 0 Å². The zero-order chi connectivity index (χ0) is 16.1. The maximum atomic E-state index is 11.8. The predicted octanol–water partition coefficient (Wildman–Crippen LogP) is 3.44. The molecular weight excluding hydrogens is 401 g/mol. The SMILES string of the molecule is O=C(Nc1cc(C(=O)O)cc(O)c1I)OCc1ccccc1. The van der Waals surface area contributed by atoms with Crippen LogP contribution in [0.1, 0.15) is 15.9 Å². The fourth-order valence-corrected chi connectivity index (χ4v) is 2.14. The fourth-order valence-electron chi connectivity index (χ4n) is 1.69. The quantitative estimate of drug-likeness (QED) is 0.668. The second kappa shape index (κ2) is 7.12. The number of phenolic OH excluding ortho intramolecular Hbond substituents is 1. The van der Waals surface area contributed by atoms with Gasteiger partial charge in [0.1, 0.15) is 12.4 Å². The Kier molecular flexibility index (Phi) is 5.21. The first-order valence-corrected chi connectivity index (χ1v) is 7.28. The second-order valence-electron chi connectivity index (χ2n) is 4.35. The van der Waals surface area contributed by atoms with Crippen molar-refractivity contribution < 1.29 is 24.5 Å². The maximum absolute atomic E-state index is 11.8. The Morgan fingerprint density at radius 1 is 1.18 bits per heavy atom. The van der Waals surface area contributed by atoms with Crippen LogP contribution in [0, 0.1) is 3.57 Å². The summed E-state index contributed by atoms with van der Waals surface area (Å²) in [7, 11) is 0. The van der Waals surface area contributed by atoms with Crippen molar-refractivity contribution in [2.75, 3.05) is 5.32 Å². The lowest BCUT2D eigenvalue weighted by Crippen LogP contribution is -2.15. The van der Waals surface area contributed by atoms with Crippen LogP contribution in [0.15, 0.2) is 42.5 Å². The zero-order valence-electron chi connectivity index (χ0n) is 11.2. The average molecular weight is 413 g/mol. The molecule has 0 saturated heterocycles. The highest BCUT2D eigenvalue weighted by Crippen LogP contribution is 2.29. The first-order valence-electron chi connectivity index (χ1n) is 6.21. The van der Waals surface area contributed by atoms with E-state index in [9.17, 15) is 14.7 Å². The minimum Gasteiger partial charge on any atom is -0.507 e. The summed E-state index contributed by atoms with van der Waals surface area (Å²) in [5, 5.41) is 21.1. The van der Waals surface area contributed by atoms with Gasteiger partial charge in [0.15, 0.2) is 0 Å². The molecule has 0 bridgehead atoms. The van der Waals surface area contributed by atoms with Gasteiger partial charge < -0.3 is 14.9 Å². The van der Waals surface area contributed by atoms with E-state index in [0.717, 1.165) is 11.6 Å². The Hall–Kier alpha value is -2.29. The molecule has 0 atom stereocenters. The lowest BCUT2D eigenvalue weighted by molar-refractivity contribution is 0.0696. The number of nitrogens with one attached hydrogen (secondary N) is 1. The van der Waals surface area contributed by atoms with Crippen LogP contribution in [-0.4, -0.2) is 22.3 Å². The van der Waals surface area contributed by atoms with Crippen LogP contribution in [0.2, 0.25) is 0 Å². The minimum atomic E-state index is -1.20. The van der Waals surface area contributed by atoms with Crippen LogP contribution in [0.3, 0.4) is 0 Å². The molecule has 0 unspecified atom stereocenters. The Morgan fingerprint density at radius 3 is 2.50 bits per heavy atom. The molecule has 114 valence electrons. The number of benzene rings is 2. The van der Waals surface area contributed by atoms with Crippen molar-refractivity contribution >= 4 is 40.3 Å². The summed E-state index contributed by atoms with van der Waals surface area (Å²) in [6.45, 7) is 0.0911. The molecule has 22 heavy (non-hydrogen) atoms. The summed E-state index contributed by atoms with van der Waals surface area (Å²) >= 11 is 1.81. The van der Waals surface area contributed by atoms with E-state index in [1.807, 2.05) is 30.3 Å². The van der Waals surface area contributed by atoms with Crippen LogP contribution in [0.5, 0.6) is 5.75 Å². The minimum absolute atomic E-state index is 0.0911. The number of carboxylic acids is 1. The lowest BCUT2D eigenvalue weighted by Gasteiger charge is -2.10. The Balaban J connectivity index is 2.06. The predicted molar refractivity (Wildman–Crippen MR) is 88.0 cm³/mol. The molecule has 6 nitrogen and oxygen atoms in total. The Bertz CT molecular complexity index is 703. The molecule has 7 heteroatoms. The van der Waals surface area contributed by atoms with Gasteiger partial charge in [-0.1, -0.05) is 30.3 Å². The summed E-state index contributed by atoms with van der Waals surface area (Å²) in [6, 6.07) is 11.5. The van der Waals surface area contributed by atoms with E-state index in [2.05, 4.69) is 5.32 Å². The van der Waals surface area contributed by atoms with Crippen LogP contribution in [0.4, 0.5) is 10.5 Å². The van der Waals surface area contributed by atoms with Gasteiger partial charge in [-0.3, -0.25) is 5.32 Å².